The van der Waals surface area contributed by atoms with Crippen molar-refractivity contribution >= 4 is 64.1 Å². The Hall–Kier alpha value is -7.21. The number of hydrogen-bond acceptors (Lipinski definition) is 10. The molecule has 8 N–H and O–H groups in total. The number of aliphatic hydroxyl groups excluding tert-OH is 1. The van der Waals surface area contributed by atoms with Gasteiger partial charge in [0.15, 0.2) is 0 Å². The number of benzene rings is 2. The molecule has 6 heterocycles. The fraction of sp³-hybridized carbons (Fsp3) is 0.561. The molecule has 1 aromatic heterocycles. The number of primary amides is 1. The predicted octanol–water partition coefficient (Wildman–Crippen LogP) is 3.93. The van der Waals surface area contributed by atoms with Crippen molar-refractivity contribution in [2.45, 2.75) is 177 Å². The third kappa shape index (κ3) is 12.5. The number of carbonyl (C=O) groups excluding carboxylic acids is 9. The van der Waals surface area contributed by atoms with E-state index in [0.29, 0.717) is 60.8 Å². The molecule has 19 nitrogen and oxygen atoms in total. The molecule has 416 valence electrons. The van der Waals surface area contributed by atoms with Gasteiger partial charge >= 0.3 is 0 Å². The number of fused-ring (bicyclic) bond motifs is 3. The van der Waals surface area contributed by atoms with Crippen LogP contribution in [-0.4, -0.2) is 133 Å². The van der Waals surface area contributed by atoms with E-state index >= 15 is 0 Å². The molecule has 1 aliphatic carbocycles. The zero-order valence-corrected chi connectivity index (χ0v) is 43.9. The summed E-state index contributed by atoms with van der Waals surface area (Å²) in [6, 6.07) is 4.98. The molecule has 5 aliphatic heterocycles. The molecule has 4 saturated heterocycles. The fourth-order valence-corrected chi connectivity index (χ4v) is 12.4. The number of halogens is 2. The van der Waals surface area contributed by atoms with Crippen LogP contribution in [0.2, 0.25) is 0 Å². The van der Waals surface area contributed by atoms with Gasteiger partial charge in [-0.3, -0.25) is 48.5 Å². The smallest absolute Gasteiger partial charge is 0.270 e. The van der Waals surface area contributed by atoms with Crippen molar-refractivity contribution in [2.75, 3.05) is 13.1 Å². The van der Waals surface area contributed by atoms with Gasteiger partial charge in [0, 0.05) is 79.5 Å². The first-order chi connectivity index (χ1) is 37.3. The van der Waals surface area contributed by atoms with Gasteiger partial charge in [0.05, 0.1) is 6.10 Å². The number of nitrogens with zero attached hydrogens (tertiary/aromatic N) is 3. The minimum atomic E-state index is -3.11. The molecule has 5 fully saturated rings. The van der Waals surface area contributed by atoms with Crippen molar-refractivity contribution in [3.8, 4) is 11.8 Å². The van der Waals surface area contributed by atoms with Gasteiger partial charge in [-0.1, -0.05) is 43.2 Å². The second-order valence-electron chi connectivity index (χ2n) is 22.2. The highest BCUT2D eigenvalue weighted by Gasteiger charge is 2.47. The van der Waals surface area contributed by atoms with Crippen LogP contribution in [-0.2, 0) is 46.0 Å². The van der Waals surface area contributed by atoms with Crippen LogP contribution in [0.15, 0.2) is 42.5 Å². The highest BCUT2D eigenvalue weighted by molar-refractivity contribution is 6.06. The van der Waals surface area contributed by atoms with Crippen LogP contribution < -0.4 is 27.0 Å². The predicted molar refractivity (Wildman–Crippen MR) is 279 cm³/mol. The first kappa shape index (κ1) is 55.5. The number of aliphatic hydroxyl groups is 1. The average Bonchev–Trinajstić information content (AvgIpc) is 4.21. The molecule has 78 heavy (non-hydrogen) atoms. The topological polar surface area (TPSA) is 274 Å². The molecule has 0 radical (unpaired) electrons. The van der Waals surface area contributed by atoms with E-state index in [0.717, 1.165) is 51.0 Å². The first-order valence-electron chi connectivity index (χ1n) is 27.6. The third-order valence-electron chi connectivity index (χ3n) is 16.8. The lowest BCUT2D eigenvalue weighted by atomic mass is 9.82. The van der Waals surface area contributed by atoms with E-state index in [2.05, 4.69) is 38.1 Å². The van der Waals surface area contributed by atoms with Crippen molar-refractivity contribution in [3.63, 3.8) is 0 Å². The summed E-state index contributed by atoms with van der Waals surface area (Å²) in [6.45, 7) is 1.94. The van der Waals surface area contributed by atoms with E-state index in [1.165, 1.54) is 34.1 Å². The molecular formula is C57H69F2N9O10. The van der Waals surface area contributed by atoms with Gasteiger partial charge in [-0.25, -0.2) is 8.78 Å². The number of amides is 9. The monoisotopic (exact) mass is 1080 g/mol. The minimum absolute atomic E-state index is 0.0256. The summed E-state index contributed by atoms with van der Waals surface area (Å²) in [6.07, 6.45) is 7.05. The number of alkyl halides is 2. The van der Waals surface area contributed by atoms with Crippen LogP contribution in [0.5, 0.6) is 0 Å². The maximum Gasteiger partial charge on any atom is 0.270 e. The Morgan fingerprint density at radius 1 is 0.910 bits per heavy atom. The third-order valence-corrected chi connectivity index (χ3v) is 16.8. The summed E-state index contributed by atoms with van der Waals surface area (Å²) in [4.78, 5) is 129. The summed E-state index contributed by atoms with van der Waals surface area (Å²) in [5, 5.41) is 22.2. The SMILES string of the molecule is CC(F)(F)c1ccc2[nH]c(C(=O)N[C@H]3CC[C@@H](O)C[C@H]4CC[C@@H](C(=O)N[C@@H](CCC(N)=O)C(=O)N[C@H](C(=O)N5CCC(CCC#Cc6cccc7c6CN(C6CCC(=O)NC6=O)C7=O)CC5)C5CCCCC5)N4C3=O)cc2c1. The molecule has 0 bridgehead atoms. The van der Waals surface area contributed by atoms with Gasteiger partial charge in [-0.05, 0) is 125 Å². The number of aromatic nitrogens is 1. The Labute approximate surface area is 450 Å². The number of likely N-dealkylation sites (tertiary alicyclic amines) is 1. The van der Waals surface area contributed by atoms with E-state index in [-0.39, 0.29) is 98.7 Å². The van der Waals surface area contributed by atoms with E-state index in [4.69, 9.17) is 5.73 Å². The van der Waals surface area contributed by atoms with E-state index in [1.807, 2.05) is 6.07 Å². The van der Waals surface area contributed by atoms with Gasteiger partial charge in [0.2, 0.25) is 41.4 Å². The first-order valence-corrected chi connectivity index (χ1v) is 27.6. The number of rotatable bonds is 15. The Balaban J connectivity index is 0.823. The van der Waals surface area contributed by atoms with Crippen molar-refractivity contribution < 1.29 is 57.0 Å². The van der Waals surface area contributed by atoms with Crippen LogP contribution in [0.4, 0.5) is 8.78 Å². The lowest BCUT2D eigenvalue weighted by Gasteiger charge is -2.38. The molecule has 1 saturated carbocycles. The molecule has 6 aliphatic rings. The Kier molecular flexibility index (Phi) is 16.9. The number of carbonyl (C=O) groups is 9. The molecule has 9 amide bonds. The molecule has 0 spiro atoms. The summed E-state index contributed by atoms with van der Waals surface area (Å²) >= 11 is 0. The Bertz CT molecular complexity index is 2910. The fourth-order valence-electron chi connectivity index (χ4n) is 12.4. The number of aromatic amines is 1. The van der Waals surface area contributed by atoms with Crippen LogP contribution in [0.25, 0.3) is 10.9 Å². The van der Waals surface area contributed by atoms with Gasteiger partial charge in [-0.15, -0.1) is 0 Å². The number of H-pyrrole nitrogens is 1. The van der Waals surface area contributed by atoms with Crippen LogP contribution in [0.1, 0.15) is 160 Å². The van der Waals surface area contributed by atoms with E-state index in [9.17, 15) is 57.0 Å². The summed E-state index contributed by atoms with van der Waals surface area (Å²) in [7, 11) is 0. The largest absolute Gasteiger partial charge is 0.393 e. The Morgan fingerprint density at radius 2 is 1.68 bits per heavy atom. The summed E-state index contributed by atoms with van der Waals surface area (Å²) in [5.74, 6) is -1.08. The average molecular weight is 1080 g/mol. The van der Waals surface area contributed by atoms with E-state index in [1.54, 1.807) is 17.0 Å². The zero-order chi connectivity index (χ0) is 55.4. The summed E-state index contributed by atoms with van der Waals surface area (Å²) in [5.41, 5.74) is 7.76. The normalized spacial score (nSPS) is 24.0. The van der Waals surface area contributed by atoms with Gasteiger partial charge < -0.3 is 46.5 Å². The molecule has 2 aromatic carbocycles. The van der Waals surface area contributed by atoms with Gasteiger partial charge in [0.1, 0.15) is 35.9 Å². The van der Waals surface area contributed by atoms with Crippen LogP contribution >= 0.6 is 0 Å². The van der Waals surface area contributed by atoms with Crippen molar-refractivity contribution in [1.29, 1.82) is 0 Å². The van der Waals surface area contributed by atoms with Crippen molar-refractivity contribution in [3.05, 3.63) is 70.4 Å². The quantitative estimate of drug-likeness (QED) is 0.0851. The van der Waals surface area contributed by atoms with Crippen LogP contribution in [0, 0.1) is 23.7 Å². The number of nitrogens with two attached hydrogens (primary N) is 1. The molecule has 1 unspecified atom stereocenters. The highest BCUT2D eigenvalue weighted by Crippen LogP contribution is 2.35. The van der Waals surface area contributed by atoms with Crippen molar-refractivity contribution in [2.24, 2.45) is 17.6 Å². The highest BCUT2D eigenvalue weighted by atomic mass is 19.3. The maximum atomic E-state index is 14.6. The van der Waals surface area contributed by atoms with Gasteiger partial charge in [0.25, 0.3) is 17.7 Å². The number of piperidine rings is 2. The molecule has 3 aromatic rings. The number of imide groups is 1. The number of hydrogen-bond donors (Lipinski definition) is 7. The van der Waals surface area contributed by atoms with Crippen LogP contribution in [0.3, 0.4) is 0 Å². The molecule has 9 rings (SSSR count). The molecule has 21 heteroatoms. The lowest BCUT2D eigenvalue weighted by molar-refractivity contribution is -0.144. The lowest BCUT2D eigenvalue weighted by Crippen LogP contribution is -2.60. The summed E-state index contributed by atoms with van der Waals surface area (Å²) < 4.78 is 28.2. The standard InChI is InChI=1S/C57H69F2N9O10/c1-57(58,59)36-14-17-41-35(28-36)29-44(61-41)51(73)63-43-18-16-38(69)30-37-15-20-46(68(37)55(43)77)53(75)62-42(19-22-47(60)70)50(72)65-49(34-10-3-2-4-11-34)56(78)66-26-24-32(25-27-66)8-5-6-9-33-12-7-13-39-40(33)31-67(54(39)76)45-21-23-48(71)64-52(45)74/h7,12-14,17,28-29,32,34,37-38,42-43,45-46,49,61,69H,2-5,8,10-11,15-16,18-27,30-31H2,1H3,(H2,60,70)(H,62,75)(H,63,73)(H,65,72)(H,64,71,74)/t37-,38-,42+,43+,45?,46+,49+/m1/s1. The minimum Gasteiger partial charge on any atom is -0.393 e. The Morgan fingerprint density at radius 3 is 2.41 bits per heavy atom. The second kappa shape index (κ2) is 23.8. The maximum absolute atomic E-state index is 14.6. The molecule has 7 atom stereocenters. The zero-order valence-electron chi connectivity index (χ0n) is 43.9. The van der Waals surface area contributed by atoms with Crippen molar-refractivity contribution in [1.82, 2.24) is 41.0 Å². The van der Waals surface area contributed by atoms with E-state index < -0.39 is 83.7 Å². The molecular weight excluding hydrogens is 1010 g/mol. The van der Waals surface area contributed by atoms with Gasteiger partial charge in [-0.2, -0.15) is 0 Å². The number of nitrogens with one attached hydrogen (secondary N) is 5. The second-order valence-corrected chi connectivity index (χ2v) is 22.2.